The summed E-state index contributed by atoms with van der Waals surface area (Å²) in [6.45, 7) is 3.16. The van der Waals surface area contributed by atoms with Crippen molar-refractivity contribution in [2.45, 2.75) is 82.5 Å². The molecular formula is C17H30N2O3. The summed E-state index contributed by atoms with van der Waals surface area (Å²) in [6.07, 6.45) is 9.74. The highest BCUT2D eigenvalue weighted by Gasteiger charge is 2.57. The van der Waals surface area contributed by atoms with Crippen molar-refractivity contribution in [3.05, 3.63) is 0 Å². The van der Waals surface area contributed by atoms with Crippen molar-refractivity contribution < 1.29 is 14.6 Å². The van der Waals surface area contributed by atoms with E-state index in [1.54, 1.807) is 0 Å². The number of amides is 2. The van der Waals surface area contributed by atoms with Crippen molar-refractivity contribution >= 4 is 6.03 Å². The molecule has 0 heterocycles. The predicted molar refractivity (Wildman–Crippen MR) is 84.7 cm³/mol. The molecule has 2 unspecified atom stereocenters. The van der Waals surface area contributed by atoms with E-state index in [4.69, 9.17) is 4.74 Å². The molecule has 0 aliphatic heterocycles. The number of urea groups is 1. The van der Waals surface area contributed by atoms with Crippen molar-refractivity contribution in [2.24, 2.45) is 5.41 Å². The Labute approximate surface area is 133 Å². The first-order chi connectivity index (χ1) is 10.6. The second-order valence-electron chi connectivity index (χ2n) is 7.43. The molecule has 2 atom stereocenters. The lowest BCUT2D eigenvalue weighted by atomic mass is 9.60. The van der Waals surface area contributed by atoms with Gasteiger partial charge in [-0.25, -0.2) is 4.79 Å². The fourth-order valence-electron chi connectivity index (χ4n) is 4.75. The van der Waals surface area contributed by atoms with Crippen LogP contribution < -0.4 is 10.6 Å². The first-order valence-electron chi connectivity index (χ1n) is 8.96. The summed E-state index contributed by atoms with van der Waals surface area (Å²) in [5.74, 6) is 0. The molecule has 0 bridgehead atoms. The summed E-state index contributed by atoms with van der Waals surface area (Å²) in [5.41, 5.74) is -0.520. The maximum atomic E-state index is 12.2. The Morgan fingerprint density at radius 1 is 1.18 bits per heavy atom. The van der Waals surface area contributed by atoms with Gasteiger partial charge in [-0.1, -0.05) is 25.7 Å². The van der Waals surface area contributed by atoms with Gasteiger partial charge in [-0.2, -0.15) is 0 Å². The average molecular weight is 310 g/mol. The van der Waals surface area contributed by atoms with E-state index >= 15 is 0 Å². The van der Waals surface area contributed by atoms with E-state index in [1.807, 2.05) is 6.92 Å². The second-order valence-corrected chi connectivity index (χ2v) is 7.43. The summed E-state index contributed by atoms with van der Waals surface area (Å²) < 4.78 is 5.87. The van der Waals surface area contributed by atoms with Gasteiger partial charge < -0.3 is 20.5 Å². The van der Waals surface area contributed by atoms with Crippen LogP contribution in [0.1, 0.15) is 64.7 Å². The van der Waals surface area contributed by atoms with E-state index < -0.39 is 5.60 Å². The van der Waals surface area contributed by atoms with Crippen LogP contribution in [-0.2, 0) is 4.74 Å². The third-order valence-electron chi connectivity index (χ3n) is 6.10. The average Bonchev–Trinajstić information content (AvgIpc) is 3.15. The maximum absolute atomic E-state index is 12.2. The SMILES string of the molecule is CCOC1CC(NC(=O)NCC2(O)CCCC2)C12CCCC2. The van der Waals surface area contributed by atoms with Crippen molar-refractivity contribution in [1.29, 1.82) is 0 Å². The van der Waals surface area contributed by atoms with Gasteiger partial charge in [-0.05, 0) is 39.0 Å². The number of carbonyl (C=O) groups excluding carboxylic acids is 1. The van der Waals surface area contributed by atoms with Crippen LogP contribution in [0.2, 0.25) is 0 Å². The molecule has 3 saturated carbocycles. The minimum atomic E-state index is -0.685. The molecule has 5 nitrogen and oxygen atoms in total. The van der Waals surface area contributed by atoms with E-state index in [9.17, 15) is 9.90 Å². The van der Waals surface area contributed by atoms with Crippen LogP contribution >= 0.6 is 0 Å². The van der Waals surface area contributed by atoms with E-state index in [-0.39, 0.29) is 17.5 Å². The molecule has 3 aliphatic rings. The lowest BCUT2D eigenvalue weighted by Crippen LogP contribution is -2.65. The maximum Gasteiger partial charge on any atom is 0.315 e. The fraction of sp³-hybridized carbons (Fsp3) is 0.941. The second kappa shape index (κ2) is 6.36. The van der Waals surface area contributed by atoms with Crippen LogP contribution in [0.15, 0.2) is 0 Å². The minimum Gasteiger partial charge on any atom is -0.388 e. The lowest BCUT2D eigenvalue weighted by molar-refractivity contribution is -0.126. The molecule has 5 heteroatoms. The van der Waals surface area contributed by atoms with Gasteiger partial charge >= 0.3 is 6.03 Å². The van der Waals surface area contributed by atoms with Gasteiger partial charge in [-0.3, -0.25) is 0 Å². The standard InChI is InChI=1S/C17H30N2O3/c1-2-22-14-11-13(17(14)9-5-6-10-17)19-15(20)18-12-16(21)7-3-4-8-16/h13-14,21H,2-12H2,1H3,(H2,18,19,20). The minimum absolute atomic E-state index is 0.133. The largest absolute Gasteiger partial charge is 0.388 e. The summed E-state index contributed by atoms with van der Waals surface area (Å²) in [5, 5.41) is 16.3. The third kappa shape index (κ3) is 2.98. The Morgan fingerprint density at radius 2 is 1.82 bits per heavy atom. The molecule has 0 aromatic rings. The molecule has 3 rings (SSSR count). The van der Waals surface area contributed by atoms with Gasteiger partial charge in [0.2, 0.25) is 0 Å². The van der Waals surface area contributed by atoms with Crippen LogP contribution in [0.4, 0.5) is 4.79 Å². The van der Waals surface area contributed by atoms with E-state index in [0.717, 1.165) is 51.6 Å². The molecule has 0 saturated heterocycles. The van der Waals surface area contributed by atoms with Gasteiger partial charge in [0, 0.05) is 24.6 Å². The molecule has 22 heavy (non-hydrogen) atoms. The number of rotatable bonds is 5. The van der Waals surface area contributed by atoms with Gasteiger partial charge in [0.25, 0.3) is 0 Å². The van der Waals surface area contributed by atoms with Gasteiger partial charge in [0.05, 0.1) is 11.7 Å². The number of ether oxygens (including phenoxy) is 1. The molecule has 0 aromatic heterocycles. The Hall–Kier alpha value is -0.810. The van der Waals surface area contributed by atoms with Crippen LogP contribution in [0.25, 0.3) is 0 Å². The smallest absolute Gasteiger partial charge is 0.315 e. The number of carbonyl (C=O) groups is 1. The van der Waals surface area contributed by atoms with Gasteiger partial charge in [0.1, 0.15) is 0 Å². The molecule has 2 amide bonds. The van der Waals surface area contributed by atoms with Crippen molar-refractivity contribution in [1.82, 2.24) is 10.6 Å². The molecule has 3 fully saturated rings. The molecule has 0 aromatic carbocycles. The molecule has 1 spiro atoms. The molecule has 126 valence electrons. The van der Waals surface area contributed by atoms with Crippen LogP contribution in [-0.4, -0.2) is 42.0 Å². The summed E-state index contributed by atoms with van der Waals surface area (Å²) in [7, 11) is 0. The number of nitrogens with one attached hydrogen (secondary N) is 2. The van der Waals surface area contributed by atoms with Crippen LogP contribution in [0.5, 0.6) is 0 Å². The van der Waals surface area contributed by atoms with Crippen LogP contribution in [0.3, 0.4) is 0 Å². The molecule has 3 aliphatic carbocycles. The predicted octanol–water partition coefficient (Wildman–Crippen LogP) is 2.33. The highest BCUT2D eigenvalue weighted by Crippen LogP contribution is 2.54. The Morgan fingerprint density at radius 3 is 2.45 bits per heavy atom. The summed E-state index contributed by atoms with van der Waals surface area (Å²) >= 11 is 0. The number of aliphatic hydroxyl groups is 1. The van der Waals surface area contributed by atoms with Gasteiger partial charge in [-0.15, -0.1) is 0 Å². The Bertz CT molecular complexity index is 401. The topological polar surface area (TPSA) is 70.6 Å². The fourth-order valence-corrected chi connectivity index (χ4v) is 4.75. The first-order valence-corrected chi connectivity index (χ1v) is 8.96. The van der Waals surface area contributed by atoms with Gasteiger partial charge in [0.15, 0.2) is 0 Å². The van der Waals surface area contributed by atoms with E-state index in [2.05, 4.69) is 10.6 Å². The highest BCUT2D eigenvalue weighted by molar-refractivity contribution is 5.74. The molecular weight excluding hydrogens is 280 g/mol. The number of hydrogen-bond acceptors (Lipinski definition) is 3. The van der Waals surface area contributed by atoms with E-state index in [1.165, 1.54) is 12.8 Å². The highest BCUT2D eigenvalue weighted by atomic mass is 16.5. The monoisotopic (exact) mass is 310 g/mol. The lowest BCUT2D eigenvalue weighted by Gasteiger charge is -2.54. The zero-order chi connectivity index (χ0) is 15.6. The first kappa shape index (κ1) is 16.1. The zero-order valence-corrected chi connectivity index (χ0v) is 13.7. The zero-order valence-electron chi connectivity index (χ0n) is 13.7. The summed E-state index contributed by atoms with van der Waals surface area (Å²) in [4.78, 5) is 12.2. The normalized spacial score (nSPS) is 31.9. The Balaban J connectivity index is 1.49. The third-order valence-corrected chi connectivity index (χ3v) is 6.10. The molecule has 3 N–H and O–H groups in total. The van der Waals surface area contributed by atoms with Crippen molar-refractivity contribution in [3.63, 3.8) is 0 Å². The van der Waals surface area contributed by atoms with Crippen LogP contribution in [0, 0.1) is 5.41 Å². The Kier molecular flexibility index (Phi) is 4.64. The number of hydrogen-bond donors (Lipinski definition) is 3. The summed E-state index contributed by atoms with van der Waals surface area (Å²) in [6, 6.07) is 0.0938. The molecule has 0 radical (unpaired) electrons. The quantitative estimate of drug-likeness (QED) is 0.730. The van der Waals surface area contributed by atoms with E-state index in [0.29, 0.717) is 12.6 Å². The van der Waals surface area contributed by atoms with Crippen molar-refractivity contribution in [2.75, 3.05) is 13.2 Å². The van der Waals surface area contributed by atoms with Crippen molar-refractivity contribution in [3.8, 4) is 0 Å².